The molecule has 4 nitrogen and oxygen atoms in total. The second kappa shape index (κ2) is 3.81. The molecule has 1 aromatic rings. The highest BCUT2D eigenvalue weighted by molar-refractivity contribution is 5.95. The van der Waals surface area contributed by atoms with Gasteiger partial charge in [-0.3, -0.25) is 4.79 Å². The molecule has 80 valence electrons. The number of carbonyl (C=O) groups is 1. The van der Waals surface area contributed by atoms with Crippen molar-refractivity contribution >= 4 is 17.3 Å². The molecule has 1 aromatic carbocycles. The number of benzene rings is 1. The Hall–Kier alpha value is -1.71. The van der Waals surface area contributed by atoms with E-state index in [0.29, 0.717) is 6.42 Å². The Morgan fingerprint density at radius 2 is 2.20 bits per heavy atom. The molecule has 2 N–H and O–H groups in total. The summed E-state index contributed by atoms with van der Waals surface area (Å²) in [6.07, 6.45) is 1.26. The number of ether oxygens (including phenoxy) is 1. The van der Waals surface area contributed by atoms with Gasteiger partial charge >= 0.3 is 0 Å². The summed E-state index contributed by atoms with van der Waals surface area (Å²) < 4.78 is 5.36. The monoisotopic (exact) mass is 206 g/mol. The average Bonchev–Trinajstić information content (AvgIpc) is 2.27. The fourth-order valence-electron chi connectivity index (χ4n) is 1.87. The lowest BCUT2D eigenvalue weighted by atomic mass is 10.0. The molecule has 0 fully saturated rings. The summed E-state index contributed by atoms with van der Waals surface area (Å²) in [5, 5.41) is 5.91. The molecule has 0 unspecified atom stereocenters. The van der Waals surface area contributed by atoms with E-state index < -0.39 is 0 Å². The first-order valence-electron chi connectivity index (χ1n) is 4.93. The van der Waals surface area contributed by atoms with Crippen LogP contribution in [0.5, 0.6) is 5.75 Å². The molecule has 1 heterocycles. The van der Waals surface area contributed by atoms with Crippen LogP contribution in [0.1, 0.15) is 12.0 Å². The van der Waals surface area contributed by atoms with Crippen LogP contribution in [0.3, 0.4) is 0 Å². The Bertz CT molecular complexity index is 402. The smallest absolute Gasteiger partial charge is 0.224 e. The minimum Gasteiger partial charge on any atom is -0.494 e. The molecule has 15 heavy (non-hydrogen) atoms. The van der Waals surface area contributed by atoms with Gasteiger partial charge in [-0.25, -0.2) is 0 Å². The predicted octanol–water partition coefficient (Wildman–Crippen LogP) is 1.62. The first kappa shape index (κ1) is 9.83. The van der Waals surface area contributed by atoms with E-state index in [9.17, 15) is 4.79 Å². The van der Waals surface area contributed by atoms with E-state index in [-0.39, 0.29) is 5.91 Å². The molecular formula is C11H14N2O2. The van der Waals surface area contributed by atoms with Gasteiger partial charge in [0, 0.05) is 24.7 Å². The van der Waals surface area contributed by atoms with Gasteiger partial charge in [-0.15, -0.1) is 0 Å². The van der Waals surface area contributed by atoms with E-state index in [2.05, 4.69) is 10.6 Å². The van der Waals surface area contributed by atoms with Gasteiger partial charge in [0.25, 0.3) is 0 Å². The van der Waals surface area contributed by atoms with Crippen LogP contribution in [0.15, 0.2) is 12.1 Å². The van der Waals surface area contributed by atoms with E-state index in [1.807, 2.05) is 19.2 Å². The molecule has 1 amide bonds. The molecule has 0 saturated heterocycles. The van der Waals surface area contributed by atoms with Crippen LogP contribution in [0.2, 0.25) is 0 Å². The van der Waals surface area contributed by atoms with Gasteiger partial charge in [0.1, 0.15) is 5.75 Å². The number of anilines is 2. The summed E-state index contributed by atoms with van der Waals surface area (Å²) in [6, 6.07) is 3.81. The highest BCUT2D eigenvalue weighted by Gasteiger charge is 2.20. The Kier molecular flexibility index (Phi) is 2.49. The minimum atomic E-state index is 0.0711. The maximum Gasteiger partial charge on any atom is 0.224 e. The third-order valence-electron chi connectivity index (χ3n) is 2.61. The molecule has 0 aliphatic carbocycles. The fourth-order valence-corrected chi connectivity index (χ4v) is 1.87. The van der Waals surface area contributed by atoms with Crippen molar-refractivity contribution < 1.29 is 9.53 Å². The number of hydrogen-bond acceptors (Lipinski definition) is 3. The van der Waals surface area contributed by atoms with E-state index in [1.54, 1.807) is 7.11 Å². The van der Waals surface area contributed by atoms with Crippen molar-refractivity contribution in [2.45, 2.75) is 12.8 Å². The zero-order valence-electron chi connectivity index (χ0n) is 8.89. The first-order valence-corrected chi connectivity index (χ1v) is 4.93. The van der Waals surface area contributed by atoms with Gasteiger partial charge in [-0.2, -0.15) is 0 Å². The summed E-state index contributed by atoms with van der Waals surface area (Å²) in [6.45, 7) is 0. The van der Waals surface area contributed by atoms with Crippen LogP contribution in [0, 0.1) is 0 Å². The average molecular weight is 206 g/mol. The maximum absolute atomic E-state index is 11.2. The lowest BCUT2D eigenvalue weighted by Crippen LogP contribution is -2.19. The number of hydrogen-bond donors (Lipinski definition) is 2. The van der Waals surface area contributed by atoms with Crippen LogP contribution in [0.4, 0.5) is 11.4 Å². The zero-order chi connectivity index (χ0) is 10.8. The van der Waals surface area contributed by atoms with Crippen LogP contribution in [-0.4, -0.2) is 20.1 Å². The lowest BCUT2D eigenvalue weighted by molar-refractivity contribution is -0.116. The van der Waals surface area contributed by atoms with Crippen molar-refractivity contribution in [3.05, 3.63) is 17.7 Å². The van der Waals surface area contributed by atoms with Crippen molar-refractivity contribution in [1.82, 2.24) is 0 Å². The van der Waals surface area contributed by atoms with E-state index >= 15 is 0 Å². The van der Waals surface area contributed by atoms with Gasteiger partial charge in [-0.05, 0) is 18.6 Å². The highest BCUT2D eigenvalue weighted by atomic mass is 16.5. The summed E-state index contributed by atoms with van der Waals surface area (Å²) in [4.78, 5) is 11.2. The minimum absolute atomic E-state index is 0.0711. The van der Waals surface area contributed by atoms with Gasteiger partial charge in [0.2, 0.25) is 5.91 Å². The van der Waals surface area contributed by atoms with Gasteiger partial charge in [-0.1, -0.05) is 0 Å². The number of fused-ring (bicyclic) bond motifs is 1. The summed E-state index contributed by atoms with van der Waals surface area (Å²) in [5.74, 6) is 0.900. The van der Waals surface area contributed by atoms with Gasteiger partial charge in [0.05, 0.1) is 12.8 Å². The number of amides is 1. The van der Waals surface area contributed by atoms with Crippen LogP contribution < -0.4 is 15.4 Å². The van der Waals surface area contributed by atoms with Crippen LogP contribution in [-0.2, 0) is 11.2 Å². The molecular weight excluding hydrogens is 192 g/mol. The van der Waals surface area contributed by atoms with Crippen molar-refractivity contribution in [3.8, 4) is 5.75 Å². The van der Waals surface area contributed by atoms with Crippen molar-refractivity contribution in [2.75, 3.05) is 24.8 Å². The highest BCUT2D eigenvalue weighted by Crippen LogP contribution is 2.36. The van der Waals surface area contributed by atoms with Crippen molar-refractivity contribution in [3.63, 3.8) is 0 Å². The molecule has 0 aromatic heterocycles. The first-order chi connectivity index (χ1) is 7.26. The van der Waals surface area contributed by atoms with Gasteiger partial charge in [0.15, 0.2) is 0 Å². The van der Waals surface area contributed by atoms with E-state index in [0.717, 1.165) is 29.1 Å². The molecule has 0 radical (unpaired) electrons. The molecule has 4 heteroatoms. The standard InChI is InChI=1S/C11H14N2O2/c1-12-9-5-4-8-7(11(9)15-2)3-6-10(14)13-8/h4-5,12H,3,6H2,1-2H3,(H,13,14). The normalized spacial score (nSPS) is 14.1. The molecule has 0 atom stereocenters. The van der Waals surface area contributed by atoms with E-state index in [1.165, 1.54) is 0 Å². The van der Waals surface area contributed by atoms with Gasteiger partial charge < -0.3 is 15.4 Å². The molecule has 0 bridgehead atoms. The Labute approximate surface area is 88.6 Å². The van der Waals surface area contributed by atoms with Crippen LogP contribution in [0.25, 0.3) is 0 Å². The fraction of sp³-hybridized carbons (Fsp3) is 0.364. The van der Waals surface area contributed by atoms with Crippen molar-refractivity contribution in [1.29, 1.82) is 0 Å². The number of nitrogens with one attached hydrogen (secondary N) is 2. The SMILES string of the molecule is CNc1ccc2c(c1OC)CCC(=O)N2. The second-order valence-electron chi connectivity index (χ2n) is 3.47. The molecule has 0 spiro atoms. The molecule has 1 aliphatic heterocycles. The largest absolute Gasteiger partial charge is 0.494 e. The lowest BCUT2D eigenvalue weighted by Gasteiger charge is -2.21. The molecule has 0 saturated carbocycles. The number of methoxy groups -OCH3 is 1. The summed E-state index contributed by atoms with van der Waals surface area (Å²) in [7, 11) is 3.50. The number of rotatable bonds is 2. The summed E-state index contributed by atoms with van der Waals surface area (Å²) >= 11 is 0. The zero-order valence-corrected chi connectivity index (χ0v) is 8.89. The number of carbonyl (C=O) groups excluding carboxylic acids is 1. The Balaban J connectivity index is 2.50. The molecule has 1 aliphatic rings. The quantitative estimate of drug-likeness (QED) is 0.773. The van der Waals surface area contributed by atoms with Crippen LogP contribution >= 0.6 is 0 Å². The van der Waals surface area contributed by atoms with E-state index in [4.69, 9.17) is 4.74 Å². The van der Waals surface area contributed by atoms with Crippen molar-refractivity contribution in [2.24, 2.45) is 0 Å². The third kappa shape index (κ3) is 1.63. The topological polar surface area (TPSA) is 50.4 Å². The molecule has 2 rings (SSSR count). The predicted molar refractivity (Wildman–Crippen MR) is 59.5 cm³/mol. The maximum atomic E-state index is 11.2. The summed E-state index contributed by atoms with van der Waals surface area (Å²) in [5.41, 5.74) is 2.89. The third-order valence-corrected chi connectivity index (χ3v) is 2.61. The second-order valence-corrected chi connectivity index (χ2v) is 3.47. The Morgan fingerprint density at radius 3 is 2.87 bits per heavy atom. The Morgan fingerprint density at radius 1 is 1.40 bits per heavy atom.